The molecule has 1 amide bonds. The lowest BCUT2D eigenvalue weighted by atomic mass is 9.99. The highest BCUT2D eigenvalue weighted by Gasteiger charge is 2.25. The molecule has 0 spiro atoms. The van der Waals surface area contributed by atoms with E-state index in [1.165, 1.54) is 23.8 Å². The van der Waals surface area contributed by atoms with Gasteiger partial charge in [0, 0.05) is 30.7 Å². The molecule has 1 saturated heterocycles. The van der Waals surface area contributed by atoms with E-state index >= 15 is 0 Å². The Morgan fingerprint density at radius 2 is 1.97 bits per heavy atom. The van der Waals surface area contributed by atoms with E-state index in [1.807, 2.05) is 24.3 Å². The first-order valence-electron chi connectivity index (χ1n) is 9.81. The van der Waals surface area contributed by atoms with E-state index in [2.05, 4.69) is 17.1 Å². The number of rotatable bonds is 7. The zero-order valence-electron chi connectivity index (χ0n) is 16.4. The Labute approximate surface area is 175 Å². The third-order valence-corrected chi connectivity index (χ3v) is 5.61. The van der Waals surface area contributed by atoms with Gasteiger partial charge < -0.3 is 15.2 Å². The molecule has 2 aromatic rings. The fourth-order valence-corrected chi connectivity index (χ4v) is 3.73. The van der Waals surface area contributed by atoms with Gasteiger partial charge in [0.05, 0.1) is 11.6 Å². The predicted octanol–water partition coefficient (Wildman–Crippen LogP) is 3.81. The number of likely N-dealkylation sites (tertiary alicyclic amines) is 1. The summed E-state index contributed by atoms with van der Waals surface area (Å²) in [6, 6.07) is 12.3. The summed E-state index contributed by atoms with van der Waals surface area (Å²) >= 11 is 5.77. The molecule has 0 radical (unpaired) electrons. The number of hydrogen-bond acceptors (Lipinski definition) is 4. The summed E-state index contributed by atoms with van der Waals surface area (Å²) in [6.45, 7) is 4.21. The molecule has 0 aliphatic carbocycles. The Bertz CT molecular complexity index is 823. The number of aliphatic hydroxyl groups is 1. The lowest BCUT2D eigenvalue weighted by Crippen LogP contribution is -2.45. The van der Waals surface area contributed by atoms with Crippen LogP contribution in [0.3, 0.4) is 0 Å². The van der Waals surface area contributed by atoms with E-state index in [0.29, 0.717) is 5.56 Å². The predicted molar refractivity (Wildman–Crippen MR) is 111 cm³/mol. The summed E-state index contributed by atoms with van der Waals surface area (Å²) < 4.78 is 18.7. The van der Waals surface area contributed by atoms with Gasteiger partial charge in [0.25, 0.3) is 5.91 Å². The average molecular weight is 421 g/mol. The van der Waals surface area contributed by atoms with Crippen LogP contribution < -0.4 is 10.1 Å². The second-order valence-electron chi connectivity index (χ2n) is 7.23. The van der Waals surface area contributed by atoms with E-state index in [0.717, 1.165) is 31.7 Å². The first kappa shape index (κ1) is 21.6. The van der Waals surface area contributed by atoms with Gasteiger partial charge in [0.2, 0.25) is 0 Å². The quantitative estimate of drug-likeness (QED) is 0.715. The molecule has 2 aromatic carbocycles. The molecule has 156 valence electrons. The largest absolute Gasteiger partial charge is 0.491 e. The maximum Gasteiger partial charge on any atom is 0.251 e. The molecular formula is C22H26ClFN2O3. The Morgan fingerprint density at radius 3 is 2.59 bits per heavy atom. The van der Waals surface area contributed by atoms with Gasteiger partial charge in [0.1, 0.15) is 18.2 Å². The Morgan fingerprint density at radius 1 is 1.28 bits per heavy atom. The fraction of sp³-hybridized carbons (Fsp3) is 0.409. The van der Waals surface area contributed by atoms with Crippen LogP contribution in [0.4, 0.5) is 4.39 Å². The average Bonchev–Trinajstić information content (AvgIpc) is 2.74. The normalized spacial score (nSPS) is 16.4. The van der Waals surface area contributed by atoms with Crippen LogP contribution in [0.1, 0.15) is 41.7 Å². The number of nitrogens with one attached hydrogen (secondary N) is 1. The summed E-state index contributed by atoms with van der Waals surface area (Å²) in [4.78, 5) is 14.8. The molecule has 1 atom stereocenters. The van der Waals surface area contributed by atoms with Crippen LogP contribution in [0.25, 0.3) is 0 Å². The lowest BCUT2D eigenvalue weighted by molar-refractivity contribution is 0.0896. The van der Waals surface area contributed by atoms with Gasteiger partial charge in [-0.25, -0.2) is 4.39 Å². The summed E-state index contributed by atoms with van der Waals surface area (Å²) in [7, 11) is 0. The second kappa shape index (κ2) is 10.1. The number of aliphatic hydroxyl groups excluding tert-OH is 1. The molecule has 3 rings (SSSR count). The lowest BCUT2D eigenvalue weighted by Gasteiger charge is -2.36. The van der Waals surface area contributed by atoms with Crippen LogP contribution in [0, 0.1) is 5.82 Å². The number of piperidine rings is 1. The molecule has 2 N–H and O–H groups in total. The number of hydrogen-bond donors (Lipinski definition) is 2. The maximum absolute atomic E-state index is 13.3. The second-order valence-corrected chi connectivity index (χ2v) is 7.64. The maximum atomic E-state index is 13.3. The molecule has 7 heteroatoms. The van der Waals surface area contributed by atoms with Gasteiger partial charge in [-0.2, -0.15) is 0 Å². The Kier molecular flexibility index (Phi) is 7.47. The third kappa shape index (κ3) is 5.69. The van der Waals surface area contributed by atoms with E-state index in [4.69, 9.17) is 21.4 Å². The Hall–Kier alpha value is -2.15. The summed E-state index contributed by atoms with van der Waals surface area (Å²) in [5.74, 6) is -0.00677. The topological polar surface area (TPSA) is 61.8 Å². The van der Waals surface area contributed by atoms with Gasteiger partial charge in [-0.1, -0.05) is 23.7 Å². The number of benzene rings is 2. The zero-order valence-corrected chi connectivity index (χ0v) is 17.2. The molecule has 0 aromatic heterocycles. The van der Waals surface area contributed by atoms with Crippen molar-refractivity contribution >= 4 is 17.5 Å². The monoisotopic (exact) mass is 420 g/mol. The van der Waals surface area contributed by atoms with Crippen LogP contribution >= 0.6 is 11.6 Å². The van der Waals surface area contributed by atoms with Crippen LogP contribution in [-0.2, 0) is 0 Å². The van der Waals surface area contributed by atoms with Gasteiger partial charge in [0.15, 0.2) is 0 Å². The van der Waals surface area contributed by atoms with Gasteiger partial charge in [-0.05, 0) is 55.7 Å². The van der Waals surface area contributed by atoms with E-state index in [-0.39, 0.29) is 36.2 Å². The molecule has 1 aliphatic rings. The standard InChI is InChI=1S/C22H26ClFN2O3/c1-15(16-2-5-19(6-3-16)29-13-12-27)26-10-8-18(9-11-26)25-22(28)17-4-7-21(24)20(23)14-17/h2-7,14-15,18,27H,8-13H2,1H3,(H,25,28). The molecule has 1 aliphatic heterocycles. The van der Waals surface area contributed by atoms with Crippen molar-refractivity contribution in [1.82, 2.24) is 10.2 Å². The summed E-state index contributed by atoms with van der Waals surface area (Å²) in [6.07, 6.45) is 1.70. The molecule has 29 heavy (non-hydrogen) atoms. The molecule has 0 bridgehead atoms. The third-order valence-electron chi connectivity index (χ3n) is 5.32. The van der Waals surface area contributed by atoms with E-state index in [9.17, 15) is 9.18 Å². The van der Waals surface area contributed by atoms with Crippen molar-refractivity contribution in [3.8, 4) is 5.75 Å². The van der Waals surface area contributed by atoms with Crippen molar-refractivity contribution in [2.24, 2.45) is 0 Å². The summed E-state index contributed by atoms with van der Waals surface area (Å²) in [5.41, 5.74) is 1.57. The molecular weight excluding hydrogens is 395 g/mol. The highest BCUT2D eigenvalue weighted by molar-refractivity contribution is 6.31. The van der Waals surface area contributed by atoms with Crippen molar-refractivity contribution in [3.05, 3.63) is 64.4 Å². The van der Waals surface area contributed by atoms with Crippen LogP contribution in [-0.4, -0.2) is 48.3 Å². The number of carbonyl (C=O) groups excluding carboxylic acids is 1. The number of carbonyl (C=O) groups is 1. The smallest absolute Gasteiger partial charge is 0.251 e. The van der Waals surface area contributed by atoms with Crippen molar-refractivity contribution in [1.29, 1.82) is 0 Å². The van der Waals surface area contributed by atoms with Crippen molar-refractivity contribution < 1.29 is 19.0 Å². The van der Waals surface area contributed by atoms with Crippen molar-refractivity contribution in [2.45, 2.75) is 31.8 Å². The summed E-state index contributed by atoms with van der Waals surface area (Å²) in [5, 5.41) is 11.8. The van der Waals surface area contributed by atoms with Gasteiger partial charge in [-0.3, -0.25) is 9.69 Å². The number of ether oxygens (including phenoxy) is 1. The van der Waals surface area contributed by atoms with Crippen molar-refractivity contribution in [3.63, 3.8) is 0 Å². The van der Waals surface area contributed by atoms with E-state index in [1.54, 1.807) is 0 Å². The minimum absolute atomic E-state index is 0.00215. The Balaban J connectivity index is 1.50. The minimum Gasteiger partial charge on any atom is -0.491 e. The van der Waals surface area contributed by atoms with Gasteiger partial charge in [-0.15, -0.1) is 0 Å². The van der Waals surface area contributed by atoms with Crippen molar-refractivity contribution in [2.75, 3.05) is 26.3 Å². The number of nitrogens with zero attached hydrogens (tertiary/aromatic N) is 1. The highest BCUT2D eigenvalue weighted by atomic mass is 35.5. The zero-order chi connectivity index (χ0) is 20.8. The minimum atomic E-state index is -0.529. The molecule has 1 fully saturated rings. The van der Waals surface area contributed by atoms with Gasteiger partial charge >= 0.3 is 0 Å². The highest BCUT2D eigenvalue weighted by Crippen LogP contribution is 2.26. The fourth-order valence-electron chi connectivity index (χ4n) is 3.55. The molecule has 1 unspecified atom stereocenters. The molecule has 5 nitrogen and oxygen atoms in total. The number of halogens is 2. The van der Waals surface area contributed by atoms with Crippen LogP contribution in [0.2, 0.25) is 5.02 Å². The van der Waals surface area contributed by atoms with Crippen LogP contribution in [0.5, 0.6) is 5.75 Å². The number of amides is 1. The molecule has 0 saturated carbocycles. The van der Waals surface area contributed by atoms with Crippen LogP contribution in [0.15, 0.2) is 42.5 Å². The SMILES string of the molecule is CC(c1ccc(OCCO)cc1)N1CCC(NC(=O)c2ccc(F)c(Cl)c2)CC1. The van der Waals surface area contributed by atoms with E-state index < -0.39 is 5.82 Å². The molecule has 1 heterocycles. The first-order chi connectivity index (χ1) is 14.0. The first-order valence-corrected chi connectivity index (χ1v) is 10.2.